The van der Waals surface area contributed by atoms with E-state index in [1.54, 1.807) is 6.07 Å². The number of furan rings is 1. The highest BCUT2D eigenvalue weighted by Crippen LogP contribution is 2.16. The zero-order chi connectivity index (χ0) is 15.3. The Morgan fingerprint density at radius 1 is 1.38 bits per heavy atom. The predicted octanol–water partition coefficient (Wildman–Crippen LogP) is 1.62. The van der Waals surface area contributed by atoms with E-state index >= 15 is 0 Å². The predicted molar refractivity (Wildman–Crippen MR) is 79.5 cm³/mol. The van der Waals surface area contributed by atoms with Crippen LogP contribution in [0.3, 0.4) is 0 Å². The lowest BCUT2D eigenvalue weighted by atomic mass is 10.2. The highest BCUT2D eigenvalue weighted by Gasteiger charge is 2.20. The van der Waals surface area contributed by atoms with Crippen molar-refractivity contribution in [3.05, 3.63) is 17.9 Å². The minimum Gasteiger partial charge on any atom is -0.447 e. The summed E-state index contributed by atoms with van der Waals surface area (Å²) >= 11 is 0. The fourth-order valence-corrected chi connectivity index (χ4v) is 3.19. The van der Waals surface area contributed by atoms with Crippen LogP contribution in [0.2, 0.25) is 0 Å². The maximum Gasteiger partial charge on any atom is 0.273 e. The first-order valence-corrected chi connectivity index (χ1v) is 8.89. The summed E-state index contributed by atoms with van der Waals surface area (Å²) in [6.07, 6.45) is 2.94. The van der Waals surface area contributed by atoms with Crippen LogP contribution in [0.15, 0.2) is 21.6 Å². The minimum atomic E-state index is -3.57. The van der Waals surface area contributed by atoms with Gasteiger partial charge < -0.3 is 14.5 Å². The molecule has 0 amide bonds. The van der Waals surface area contributed by atoms with E-state index in [2.05, 4.69) is 10.0 Å². The molecule has 0 saturated carbocycles. The quantitative estimate of drug-likeness (QED) is 0.762. The molecule has 0 radical (unpaired) electrons. The molecule has 0 aliphatic carbocycles. The summed E-state index contributed by atoms with van der Waals surface area (Å²) in [4.78, 5) is 0. The van der Waals surface area contributed by atoms with Gasteiger partial charge in [-0.05, 0) is 31.4 Å². The van der Waals surface area contributed by atoms with Crippen molar-refractivity contribution in [2.24, 2.45) is 0 Å². The third kappa shape index (κ3) is 5.10. The Kier molecular flexibility index (Phi) is 5.80. The molecule has 1 unspecified atom stereocenters. The molecule has 1 aliphatic rings. The first-order chi connectivity index (χ1) is 9.97. The van der Waals surface area contributed by atoms with Gasteiger partial charge in [-0.3, -0.25) is 0 Å². The van der Waals surface area contributed by atoms with Crippen molar-refractivity contribution >= 4 is 10.0 Å². The van der Waals surface area contributed by atoms with E-state index in [-0.39, 0.29) is 11.2 Å². The lowest BCUT2D eigenvalue weighted by Crippen LogP contribution is -2.27. The van der Waals surface area contributed by atoms with E-state index in [1.165, 1.54) is 6.07 Å². The number of ether oxygens (including phenoxy) is 1. The van der Waals surface area contributed by atoms with Gasteiger partial charge in [0.15, 0.2) is 0 Å². The number of hydrogen-bond donors (Lipinski definition) is 2. The average Bonchev–Trinajstić information content (AvgIpc) is 3.07. The van der Waals surface area contributed by atoms with Crippen molar-refractivity contribution in [2.45, 2.75) is 56.9 Å². The van der Waals surface area contributed by atoms with Crippen molar-refractivity contribution in [1.29, 1.82) is 0 Å². The summed E-state index contributed by atoms with van der Waals surface area (Å²) in [7, 11) is -3.57. The minimum absolute atomic E-state index is 0.0320. The Morgan fingerprint density at radius 3 is 2.86 bits per heavy atom. The molecule has 2 heterocycles. The van der Waals surface area contributed by atoms with E-state index in [1.807, 2.05) is 13.8 Å². The van der Waals surface area contributed by atoms with Gasteiger partial charge in [0.25, 0.3) is 10.0 Å². The summed E-state index contributed by atoms with van der Waals surface area (Å²) in [6.45, 7) is 5.71. The largest absolute Gasteiger partial charge is 0.447 e. The van der Waals surface area contributed by atoms with E-state index in [0.717, 1.165) is 19.4 Å². The highest BCUT2D eigenvalue weighted by molar-refractivity contribution is 7.89. The molecule has 1 fully saturated rings. The smallest absolute Gasteiger partial charge is 0.273 e. The Bertz CT molecular complexity index is 533. The van der Waals surface area contributed by atoms with Gasteiger partial charge in [-0.1, -0.05) is 13.8 Å². The molecule has 1 saturated heterocycles. The molecule has 120 valence electrons. The number of nitrogens with one attached hydrogen (secondary N) is 2. The molecule has 1 aliphatic heterocycles. The van der Waals surface area contributed by atoms with Crippen LogP contribution in [0.1, 0.15) is 38.9 Å². The normalized spacial score (nSPS) is 19.5. The maximum atomic E-state index is 12.1. The van der Waals surface area contributed by atoms with E-state index in [0.29, 0.717) is 31.3 Å². The van der Waals surface area contributed by atoms with E-state index < -0.39 is 10.0 Å². The molecule has 0 bridgehead atoms. The van der Waals surface area contributed by atoms with Gasteiger partial charge in [0.05, 0.1) is 12.6 Å². The number of rotatable bonds is 8. The van der Waals surface area contributed by atoms with Crippen molar-refractivity contribution in [2.75, 3.05) is 13.2 Å². The highest BCUT2D eigenvalue weighted by atomic mass is 32.2. The SMILES string of the molecule is CC(C)NCc1ccc(S(=O)(=O)NCCC2CCCO2)o1. The van der Waals surface area contributed by atoms with Crippen molar-refractivity contribution in [1.82, 2.24) is 10.0 Å². The summed E-state index contributed by atoms with van der Waals surface area (Å²) in [5.41, 5.74) is 0. The average molecular weight is 316 g/mol. The second-order valence-corrected chi connectivity index (χ2v) is 7.28. The molecule has 0 spiro atoms. The summed E-state index contributed by atoms with van der Waals surface area (Å²) < 4.78 is 37.6. The van der Waals surface area contributed by atoms with Gasteiger partial charge in [0.1, 0.15) is 5.76 Å². The molecule has 2 N–H and O–H groups in total. The van der Waals surface area contributed by atoms with Crippen LogP contribution in [-0.2, 0) is 21.3 Å². The molecular formula is C14H24N2O4S. The van der Waals surface area contributed by atoms with Gasteiger partial charge in [-0.15, -0.1) is 0 Å². The van der Waals surface area contributed by atoms with Gasteiger partial charge in [-0.2, -0.15) is 0 Å². The Hall–Kier alpha value is -0.890. The Labute approximate surface area is 126 Å². The first-order valence-electron chi connectivity index (χ1n) is 7.41. The van der Waals surface area contributed by atoms with Crippen LogP contribution in [0.25, 0.3) is 0 Å². The molecule has 1 aromatic rings. The van der Waals surface area contributed by atoms with Gasteiger partial charge in [-0.25, -0.2) is 13.1 Å². The van der Waals surface area contributed by atoms with Crippen LogP contribution in [0, 0.1) is 0 Å². The molecular weight excluding hydrogens is 292 g/mol. The van der Waals surface area contributed by atoms with Crippen molar-refractivity contribution in [3.8, 4) is 0 Å². The fourth-order valence-electron chi connectivity index (χ4n) is 2.20. The molecule has 21 heavy (non-hydrogen) atoms. The standard InChI is InChI=1S/C14H24N2O4S/c1-11(2)15-10-13-5-6-14(20-13)21(17,18)16-8-7-12-4-3-9-19-12/h5-6,11-12,15-16H,3-4,7-10H2,1-2H3. The van der Waals surface area contributed by atoms with Crippen LogP contribution in [0.5, 0.6) is 0 Å². The second-order valence-electron chi connectivity index (χ2n) is 5.58. The summed E-state index contributed by atoms with van der Waals surface area (Å²) in [6, 6.07) is 3.50. The van der Waals surface area contributed by atoms with Crippen LogP contribution in [0.4, 0.5) is 0 Å². The zero-order valence-corrected chi connectivity index (χ0v) is 13.4. The second kappa shape index (κ2) is 7.40. The van der Waals surface area contributed by atoms with Gasteiger partial charge >= 0.3 is 0 Å². The Balaban J connectivity index is 1.83. The van der Waals surface area contributed by atoms with Crippen molar-refractivity contribution in [3.63, 3.8) is 0 Å². The molecule has 6 nitrogen and oxygen atoms in total. The van der Waals surface area contributed by atoms with Gasteiger partial charge in [0, 0.05) is 19.2 Å². The lowest BCUT2D eigenvalue weighted by Gasteiger charge is -2.09. The fraction of sp³-hybridized carbons (Fsp3) is 0.714. The molecule has 0 aromatic carbocycles. The zero-order valence-electron chi connectivity index (χ0n) is 12.6. The molecule has 7 heteroatoms. The summed E-state index contributed by atoms with van der Waals surface area (Å²) in [5.74, 6) is 0.614. The third-order valence-corrected chi connectivity index (χ3v) is 4.70. The maximum absolute atomic E-state index is 12.1. The van der Waals surface area contributed by atoms with Crippen LogP contribution >= 0.6 is 0 Å². The first kappa shape index (κ1) is 16.5. The van der Waals surface area contributed by atoms with Gasteiger partial charge in [0.2, 0.25) is 5.09 Å². The summed E-state index contributed by atoms with van der Waals surface area (Å²) in [5, 5.41) is 3.15. The van der Waals surface area contributed by atoms with E-state index in [9.17, 15) is 8.42 Å². The third-order valence-electron chi connectivity index (χ3n) is 3.37. The molecule has 1 aromatic heterocycles. The monoisotopic (exact) mass is 316 g/mol. The van der Waals surface area contributed by atoms with Crippen molar-refractivity contribution < 1.29 is 17.6 Å². The van der Waals surface area contributed by atoms with E-state index in [4.69, 9.17) is 9.15 Å². The van der Waals surface area contributed by atoms with Crippen LogP contribution in [-0.4, -0.2) is 33.7 Å². The Morgan fingerprint density at radius 2 is 2.19 bits per heavy atom. The molecule has 2 rings (SSSR count). The molecule has 1 atom stereocenters. The lowest BCUT2D eigenvalue weighted by molar-refractivity contribution is 0.105. The number of hydrogen-bond acceptors (Lipinski definition) is 5. The topological polar surface area (TPSA) is 80.6 Å². The number of sulfonamides is 1. The van der Waals surface area contributed by atoms with Crippen LogP contribution < -0.4 is 10.0 Å².